The predicted molar refractivity (Wildman–Crippen MR) is 132 cm³/mol. The largest absolute Gasteiger partial charge is 0.486 e. The van der Waals surface area contributed by atoms with Crippen LogP contribution in [0.5, 0.6) is 11.5 Å². The standard InChI is InChI=1S/C23H27N5O2.HI/c1-2-25-23(27-14-20-16-29-21-5-3-4-6-22(21)30-20)26-13-18-7-9-19(10-8-18)15-28-12-11-24-17-28;/h3-12,17,20H,2,13-16H2,1H3,(H2,25,26,27);1H. The number of benzene rings is 2. The van der Waals surface area contributed by atoms with E-state index in [1.165, 1.54) is 5.56 Å². The first-order chi connectivity index (χ1) is 14.8. The Hall–Kier alpha value is -2.75. The van der Waals surface area contributed by atoms with E-state index in [1.54, 1.807) is 6.20 Å². The van der Waals surface area contributed by atoms with E-state index in [1.807, 2.05) is 36.8 Å². The molecule has 0 spiro atoms. The van der Waals surface area contributed by atoms with Crippen LogP contribution in [0.2, 0.25) is 0 Å². The number of hydrogen-bond donors (Lipinski definition) is 2. The molecule has 2 N–H and O–H groups in total. The first-order valence-corrected chi connectivity index (χ1v) is 10.2. The molecule has 164 valence electrons. The summed E-state index contributed by atoms with van der Waals surface area (Å²) in [5, 5.41) is 6.64. The zero-order valence-electron chi connectivity index (χ0n) is 17.5. The van der Waals surface area contributed by atoms with Crippen LogP contribution in [0.1, 0.15) is 18.1 Å². The lowest BCUT2D eigenvalue weighted by Gasteiger charge is -2.27. The minimum absolute atomic E-state index is 0. The van der Waals surface area contributed by atoms with Crippen LogP contribution in [0.15, 0.2) is 72.2 Å². The van der Waals surface area contributed by atoms with Gasteiger partial charge in [0.25, 0.3) is 0 Å². The number of guanidine groups is 1. The molecule has 8 heteroatoms. The van der Waals surface area contributed by atoms with Crippen LogP contribution >= 0.6 is 24.0 Å². The average Bonchev–Trinajstić information content (AvgIpc) is 3.29. The van der Waals surface area contributed by atoms with E-state index in [2.05, 4.69) is 51.4 Å². The van der Waals surface area contributed by atoms with Gasteiger partial charge >= 0.3 is 0 Å². The van der Waals surface area contributed by atoms with E-state index in [4.69, 9.17) is 14.5 Å². The van der Waals surface area contributed by atoms with Crippen molar-refractivity contribution >= 4 is 29.9 Å². The average molecular weight is 533 g/mol. The molecule has 0 aliphatic carbocycles. The molecule has 31 heavy (non-hydrogen) atoms. The van der Waals surface area contributed by atoms with Gasteiger partial charge in [0, 0.05) is 25.5 Å². The number of halogens is 1. The van der Waals surface area contributed by atoms with Crippen LogP contribution in [0, 0.1) is 0 Å². The number of imidazole rings is 1. The number of ether oxygens (including phenoxy) is 2. The van der Waals surface area contributed by atoms with E-state index in [0.717, 1.165) is 36.1 Å². The summed E-state index contributed by atoms with van der Waals surface area (Å²) < 4.78 is 13.8. The molecule has 2 aromatic carbocycles. The maximum atomic E-state index is 6.00. The fourth-order valence-electron chi connectivity index (χ4n) is 3.23. The molecule has 1 atom stereocenters. The third-order valence-electron chi connectivity index (χ3n) is 4.78. The molecule has 1 aliphatic rings. The Morgan fingerprint density at radius 3 is 2.61 bits per heavy atom. The Morgan fingerprint density at radius 1 is 1.10 bits per heavy atom. The molecule has 0 saturated carbocycles. The highest BCUT2D eigenvalue weighted by molar-refractivity contribution is 14.0. The molecule has 0 radical (unpaired) electrons. The number of nitrogens with one attached hydrogen (secondary N) is 2. The van der Waals surface area contributed by atoms with Crippen LogP contribution in [-0.2, 0) is 13.1 Å². The number of aromatic nitrogens is 2. The lowest BCUT2D eigenvalue weighted by Crippen LogP contribution is -2.45. The van der Waals surface area contributed by atoms with Crippen LogP contribution in [0.3, 0.4) is 0 Å². The Kier molecular flexibility index (Phi) is 8.57. The van der Waals surface area contributed by atoms with Crippen molar-refractivity contribution in [3.05, 3.63) is 78.4 Å². The first-order valence-electron chi connectivity index (χ1n) is 10.2. The lowest BCUT2D eigenvalue weighted by atomic mass is 10.1. The second kappa shape index (κ2) is 11.6. The highest BCUT2D eigenvalue weighted by Crippen LogP contribution is 2.30. The van der Waals surface area contributed by atoms with Crippen molar-refractivity contribution < 1.29 is 9.47 Å². The second-order valence-corrected chi connectivity index (χ2v) is 7.13. The van der Waals surface area contributed by atoms with E-state index < -0.39 is 0 Å². The van der Waals surface area contributed by atoms with Crippen LogP contribution in [-0.4, -0.2) is 41.3 Å². The topological polar surface area (TPSA) is 72.7 Å². The summed E-state index contributed by atoms with van der Waals surface area (Å²) in [7, 11) is 0. The summed E-state index contributed by atoms with van der Waals surface area (Å²) >= 11 is 0. The van der Waals surface area contributed by atoms with Gasteiger partial charge in [-0.1, -0.05) is 36.4 Å². The first kappa shape index (κ1) is 22.9. The minimum Gasteiger partial charge on any atom is -0.486 e. The van der Waals surface area contributed by atoms with Crippen molar-refractivity contribution in [2.75, 3.05) is 19.7 Å². The van der Waals surface area contributed by atoms with Crippen LogP contribution in [0.25, 0.3) is 0 Å². The number of para-hydroxylation sites is 2. The third-order valence-corrected chi connectivity index (χ3v) is 4.78. The van der Waals surface area contributed by atoms with Gasteiger partial charge in [-0.2, -0.15) is 0 Å². The Morgan fingerprint density at radius 2 is 1.87 bits per heavy atom. The molecule has 4 rings (SSSR count). The van der Waals surface area contributed by atoms with Crippen molar-refractivity contribution in [2.45, 2.75) is 26.1 Å². The van der Waals surface area contributed by atoms with Crippen LogP contribution in [0.4, 0.5) is 0 Å². The quantitative estimate of drug-likeness (QED) is 0.277. The van der Waals surface area contributed by atoms with Gasteiger partial charge in [0.15, 0.2) is 17.5 Å². The summed E-state index contributed by atoms with van der Waals surface area (Å²) in [4.78, 5) is 8.78. The van der Waals surface area contributed by atoms with Gasteiger partial charge in [-0.05, 0) is 30.2 Å². The van der Waals surface area contributed by atoms with Crippen molar-refractivity contribution in [1.29, 1.82) is 0 Å². The van der Waals surface area contributed by atoms with Crippen molar-refractivity contribution in [2.24, 2.45) is 4.99 Å². The van der Waals surface area contributed by atoms with Crippen molar-refractivity contribution in [3.8, 4) is 11.5 Å². The molecule has 0 amide bonds. The number of aliphatic imine (C=N–C) groups is 1. The smallest absolute Gasteiger partial charge is 0.191 e. The molecule has 7 nitrogen and oxygen atoms in total. The normalized spacial score (nSPS) is 15.1. The summed E-state index contributed by atoms with van der Waals surface area (Å²) in [6.45, 7) is 5.40. The predicted octanol–water partition coefficient (Wildman–Crippen LogP) is 3.44. The van der Waals surface area contributed by atoms with Gasteiger partial charge in [-0.15, -0.1) is 24.0 Å². The second-order valence-electron chi connectivity index (χ2n) is 7.13. The summed E-state index contributed by atoms with van der Waals surface area (Å²) in [5.74, 6) is 2.35. The molecule has 0 bridgehead atoms. The van der Waals surface area contributed by atoms with E-state index in [0.29, 0.717) is 19.7 Å². The SMILES string of the molecule is CCNC(=NCc1ccc(Cn2ccnc2)cc1)NCC1COc2ccccc2O1.I. The highest BCUT2D eigenvalue weighted by atomic mass is 127. The molecule has 2 heterocycles. The van der Waals surface area contributed by atoms with E-state index in [9.17, 15) is 0 Å². The molecule has 3 aromatic rings. The van der Waals surface area contributed by atoms with Gasteiger partial charge < -0.3 is 24.7 Å². The molecule has 0 fully saturated rings. The lowest BCUT2D eigenvalue weighted by molar-refractivity contribution is 0.0936. The highest BCUT2D eigenvalue weighted by Gasteiger charge is 2.20. The summed E-state index contributed by atoms with van der Waals surface area (Å²) in [6.07, 6.45) is 5.52. The van der Waals surface area contributed by atoms with Gasteiger partial charge in [0.1, 0.15) is 12.7 Å². The Labute approximate surface area is 199 Å². The van der Waals surface area contributed by atoms with Crippen molar-refractivity contribution in [3.63, 3.8) is 0 Å². The number of hydrogen-bond acceptors (Lipinski definition) is 4. The Bertz CT molecular complexity index is 960. The van der Waals surface area contributed by atoms with Crippen LogP contribution < -0.4 is 20.1 Å². The fraction of sp³-hybridized carbons (Fsp3) is 0.304. The summed E-state index contributed by atoms with van der Waals surface area (Å²) in [5.41, 5.74) is 2.40. The van der Waals surface area contributed by atoms with Crippen molar-refractivity contribution in [1.82, 2.24) is 20.2 Å². The van der Waals surface area contributed by atoms with Gasteiger partial charge in [-0.3, -0.25) is 0 Å². The maximum Gasteiger partial charge on any atom is 0.191 e. The number of nitrogens with zero attached hydrogens (tertiary/aromatic N) is 3. The molecule has 1 unspecified atom stereocenters. The van der Waals surface area contributed by atoms with Gasteiger partial charge in [-0.25, -0.2) is 9.98 Å². The number of fused-ring (bicyclic) bond motifs is 1. The van der Waals surface area contributed by atoms with Gasteiger partial charge in [0.05, 0.1) is 19.4 Å². The van der Waals surface area contributed by atoms with E-state index >= 15 is 0 Å². The molecule has 1 aromatic heterocycles. The Balaban J connectivity index is 0.00000272. The monoisotopic (exact) mass is 533 g/mol. The number of rotatable bonds is 7. The third kappa shape index (κ3) is 6.61. The molecule has 1 aliphatic heterocycles. The molecule has 0 saturated heterocycles. The summed E-state index contributed by atoms with van der Waals surface area (Å²) in [6, 6.07) is 16.3. The minimum atomic E-state index is -0.0637. The molecular weight excluding hydrogens is 505 g/mol. The fourth-order valence-corrected chi connectivity index (χ4v) is 3.23. The zero-order valence-corrected chi connectivity index (χ0v) is 19.9. The van der Waals surface area contributed by atoms with E-state index in [-0.39, 0.29) is 30.1 Å². The zero-order chi connectivity index (χ0) is 20.6. The maximum absolute atomic E-state index is 6.00. The molecular formula is C23H28IN5O2. The van der Waals surface area contributed by atoms with Gasteiger partial charge in [0.2, 0.25) is 0 Å².